The molecule has 2 aromatic carbocycles. The summed E-state index contributed by atoms with van der Waals surface area (Å²) in [6, 6.07) is 12.9. The molecule has 0 aliphatic heterocycles. The maximum absolute atomic E-state index is 6.06. The molecule has 0 aromatic heterocycles. The van der Waals surface area contributed by atoms with Gasteiger partial charge >= 0.3 is 0 Å². The summed E-state index contributed by atoms with van der Waals surface area (Å²) in [5.41, 5.74) is 0. The van der Waals surface area contributed by atoms with Gasteiger partial charge in [0.2, 0.25) is 0 Å². The highest BCUT2D eigenvalue weighted by atomic mass is 35.5. The fourth-order valence-corrected chi connectivity index (χ4v) is 1.67. The minimum atomic E-state index is 0.617. The molecule has 0 aliphatic rings. The number of halogens is 1. The zero-order chi connectivity index (χ0) is 9.97. The van der Waals surface area contributed by atoms with Gasteiger partial charge in [0.05, 0.1) is 11.6 Å². The third-order valence-corrected chi connectivity index (χ3v) is 2.31. The Morgan fingerprint density at radius 1 is 1.36 bits per heavy atom. The van der Waals surface area contributed by atoms with Crippen LogP contribution in [0.4, 0.5) is 0 Å². The van der Waals surface area contributed by atoms with E-state index in [-0.39, 0.29) is 0 Å². The zero-order valence-electron chi connectivity index (χ0n) is 7.88. The quantitative estimate of drug-likeness (QED) is 0.727. The molecule has 0 unspecified atom stereocenters. The van der Waals surface area contributed by atoms with E-state index in [1.807, 2.05) is 37.3 Å². The number of fused-ring (bicyclic) bond motifs is 1. The largest absolute Gasteiger partial charge is 0.493 e. The molecule has 0 saturated carbocycles. The number of ether oxygens (including phenoxy) is 1. The van der Waals surface area contributed by atoms with Crippen LogP contribution in [0.15, 0.2) is 30.3 Å². The van der Waals surface area contributed by atoms with Crippen LogP contribution in [0.2, 0.25) is 5.02 Å². The van der Waals surface area contributed by atoms with E-state index in [0.29, 0.717) is 17.4 Å². The van der Waals surface area contributed by atoms with Crippen LogP contribution in [-0.4, -0.2) is 6.61 Å². The summed E-state index contributed by atoms with van der Waals surface area (Å²) < 4.78 is 5.35. The Morgan fingerprint density at radius 3 is 2.93 bits per heavy atom. The molecule has 0 aliphatic carbocycles. The number of rotatable bonds is 2. The van der Waals surface area contributed by atoms with Gasteiger partial charge in [-0.25, -0.2) is 0 Å². The van der Waals surface area contributed by atoms with Crippen LogP contribution < -0.4 is 4.74 Å². The van der Waals surface area contributed by atoms with Gasteiger partial charge in [0.15, 0.2) is 0 Å². The first-order valence-corrected chi connectivity index (χ1v) is 4.92. The van der Waals surface area contributed by atoms with E-state index in [1.54, 1.807) is 0 Å². The Morgan fingerprint density at radius 2 is 2.14 bits per heavy atom. The molecule has 0 atom stereocenters. The minimum absolute atomic E-state index is 0.617. The smallest absolute Gasteiger partial charge is 0.129 e. The Labute approximate surface area is 88.3 Å². The van der Waals surface area contributed by atoms with Crippen molar-refractivity contribution in [3.63, 3.8) is 0 Å². The highest BCUT2D eigenvalue weighted by Gasteiger charge is 2.02. The van der Waals surface area contributed by atoms with Crippen molar-refractivity contribution in [2.24, 2.45) is 0 Å². The van der Waals surface area contributed by atoms with Crippen molar-refractivity contribution >= 4 is 22.4 Å². The Hall–Kier alpha value is -1.21. The first kappa shape index (κ1) is 9.35. The van der Waals surface area contributed by atoms with Crippen molar-refractivity contribution in [2.45, 2.75) is 6.92 Å². The lowest BCUT2D eigenvalue weighted by Crippen LogP contribution is -1.91. The summed E-state index contributed by atoms with van der Waals surface area (Å²) in [5, 5.41) is 2.71. The van der Waals surface area contributed by atoms with Gasteiger partial charge in [-0.1, -0.05) is 35.9 Å². The number of hydrogen-bond donors (Lipinski definition) is 0. The topological polar surface area (TPSA) is 9.23 Å². The lowest BCUT2D eigenvalue weighted by Gasteiger charge is -2.05. The second-order valence-electron chi connectivity index (χ2n) is 2.97. The number of benzene rings is 2. The molecule has 2 aromatic rings. The average molecular weight is 206 g/mol. The van der Waals surface area contributed by atoms with Gasteiger partial charge in [-0.2, -0.15) is 0 Å². The first-order chi connectivity index (χ1) is 6.81. The molecule has 0 heterocycles. The molecule has 0 saturated heterocycles. The lowest BCUT2D eigenvalue weighted by atomic mass is 10.1. The fraction of sp³-hybridized carbons (Fsp3) is 0.167. The Balaban J connectivity index is 2.60. The van der Waals surface area contributed by atoms with Crippen molar-refractivity contribution in [1.82, 2.24) is 0 Å². The standard InChI is InChI=1S/C12H10ClO/c1-2-14-10-7-9-5-3-4-6-11(9)12(13)8-10/h3-7H,2H2,1H3. The Kier molecular flexibility index (Phi) is 2.60. The van der Waals surface area contributed by atoms with E-state index in [1.165, 1.54) is 0 Å². The zero-order valence-corrected chi connectivity index (χ0v) is 8.64. The molecule has 0 fully saturated rings. The second-order valence-corrected chi connectivity index (χ2v) is 3.35. The molecule has 0 bridgehead atoms. The van der Waals surface area contributed by atoms with Crippen LogP contribution in [0.1, 0.15) is 6.92 Å². The van der Waals surface area contributed by atoms with E-state index in [2.05, 4.69) is 6.07 Å². The van der Waals surface area contributed by atoms with E-state index >= 15 is 0 Å². The van der Waals surface area contributed by atoms with Crippen LogP contribution in [0, 0.1) is 6.07 Å². The first-order valence-electron chi connectivity index (χ1n) is 4.54. The molecular formula is C12H10ClO. The van der Waals surface area contributed by atoms with E-state index in [0.717, 1.165) is 10.8 Å². The minimum Gasteiger partial charge on any atom is -0.493 e. The van der Waals surface area contributed by atoms with Gasteiger partial charge in [-0.3, -0.25) is 0 Å². The fourth-order valence-electron chi connectivity index (χ4n) is 1.41. The van der Waals surface area contributed by atoms with Gasteiger partial charge in [0.25, 0.3) is 0 Å². The summed E-state index contributed by atoms with van der Waals surface area (Å²) >= 11 is 6.06. The monoisotopic (exact) mass is 205 g/mol. The third kappa shape index (κ3) is 1.68. The highest BCUT2D eigenvalue weighted by Crippen LogP contribution is 2.28. The van der Waals surface area contributed by atoms with Gasteiger partial charge < -0.3 is 4.74 Å². The van der Waals surface area contributed by atoms with Gasteiger partial charge in [-0.05, 0) is 18.4 Å². The predicted octanol–water partition coefficient (Wildman–Crippen LogP) is 3.69. The molecule has 14 heavy (non-hydrogen) atoms. The second kappa shape index (κ2) is 3.89. The summed E-state index contributed by atoms with van der Waals surface area (Å²) in [6.07, 6.45) is 0. The van der Waals surface area contributed by atoms with Crippen molar-refractivity contribution in [1.29, 1.82) is 0 Å². The lowest BCUT2D eigenvalue weighted by molar-refractivity contribution is 0.340. The molecule has 2 rings (SSSR count). The number of hydrogen-bond acceptors (Lipinski definition) is 1. The SMILES string of the molecule is CCOc1[c]c(Cl)c2ccccc2c1. The summed E-state index contributed by atoms with van der Waals surface area (Å²) in [5.74, 6) is 0.705. The van der Waals surface area contributed by atoms with Crippen LogP contribution in [0.25, 0.3) is 10.8 Å². The van der Waals surface area contributed by atoms with Crippen molar-refractivity contribution in [2.75, 3.05) is 6.61 Å². The summed E-state index contributed by atoms with van der Waals surface area (Å²) in [4.78, 5) is 0. The average Bonchev–Trinajstić information content (AvgIpc) is 2.18. The van der Waals surface area contributed by atoms with E-state index in [4.69, 9.17) is 16.3 Å². The Bertz CT molecular complexity index is 451. The van der Waals surface area contributed by atoms with E-state index in [9.17, 15) is 0 Å². The van der Waals surface area contributed by atoms with E-state index < -0.39 is 0 Å². The van der Waals surface area contributed by atoms with Gasteiger partial charge in [0.1, 0.15) is 5.75 Å². The molecule has 0 spiro atoms. The molecule has 1 nitrogen and oxygen atoms in total. The maximum Gasteiger partial charge on any atom is 0.129 e. The highest BCUT2D eigenvalue weighted by molar-refractivity contribution is 6.35. The third-order valence-electron chi connectivity index (χ3n) is 2.02. The van der Waals surface area contributed by atoms with Gasteiger partial charge in [-0.15, -0.1) is 0 Å². The van der Waals surface area contributed by atoms with Crippen LogP contribution in [0.3, 0.4) is 0 Å². The van der Waals surface area contributed by atoms with Crippen molar-refractivity contribution in [3.05, 3.63) is 41.4 Å². The molecule has 71 valence electrons. The predicted molar refractivity (Wildman–Crippen MR) is 59.0 cm³/mol. The molecular weight excluding hydrogens is 196 g/mol. The molecule has 2 heteroatoms. The molecule has 1 radical (unpaired) electrons. The van der Waals surface area contributed by atoms with Crippen molar-refractivity contribution in [3.8, 4) is 5.75 Å². The normalized spacial score (nSPS) is 10.4. The van der Waals surface area contributed by atoms with Crippen LogP contribution in [-0.2, 0) is 0 Å². The molecule has 0 N–H and O–H groups in total. The summed E-state index contributed by atoms with van der Waals surface area (Å²) in [7, 11) is 0. The van der Waals surface area contributed by atoms with Crippen molar-refractivity contribution < 1.29 is 4.74 Å². The van der Waals surface area contributed by atoms with Crippen LogP contribution in [0.5, 0.6) is 5.75 Å². The summed E-state index contributed by atoms with van der Waals surface area (Å²) in [6.45, 7) is 2.57. The molecule has 0 amide bonds. The van der Waals surface area contributed by atoms with Crippen LogP contribution >= 0.6 is 11.6 Å². The van der Waals surface area contributed by atoms with Gasteiger partial charge in [0, 0.05) is 11.5 Å². The maximum atomic E-state index is 6.06.